The SMILES string of the molecule is BBB(PB(B)B)B(B)B. The fourth-order valence-corrected chi connectivity index (χ4v) is 2.69. The Hall–Kier alpha value is 1.01. The predicted molar refractivity (Wildman–Crippen MR) is 75.4 cm³/mol. The molecule has 10 heteroatoms. The average Bonchev–Trinajstić information content (AvgIpc) is 1.81. The first-order chi connectivity index (χ1) is 4.57. The Kier molecular flexibility index (Phi) is 6.21. The van der Waals surface area contributed by atoms with Gasteiger partial charge in [0.25, 0.3) is 0 Å². The van der Waals surface area contributed by atoms with Crippen LogP contribution in [0.25, 0.3) is 0 Å². The van der Waals surface area contributed by atoms with Gasteiger partial charge in [0.15, 0.2) is 0 Å². The highest BCUT2D eigenvalue weighted by Crippen LogP contribution is 2.13. The molecule has 0 aromatic carbocycles. The zero-order valence-corrected chi connectivity index (χ0v) is 8.94. The van der Waals surface area contributed by atoms with Crippen LogP contribution in [-0.4, -0.2) is 64.6 Å². The molecule has 0 aliphatic rings. The Bertz CT molecular complexity index is 76.8. The van der Waals surface area contributed by atoms with E-state index in [-0.39, 0.29) is 0 Å². The molecule has 0 rings (SSSR count). The van der Waals surface area contributed by atoms with Gasteiger partial charge in [0.2, 0.25) is 0 Å². The van der Waals surface area contributed by atoms with E-state index in [9.17, 15) is 0 Å². The fraction of sp³-hybridized carbons (Fsp3) is 0. The number of rotatable bonds is 4. The van der Waals surface area contributed by atoms with E-state index in [0.717, 1.165) is 27.2 Å². The van der Waals surface area contributed by atoms with Crippen LogP contribution >= 0.6 is 8.34 Å². The second-order valence-electron chi connectivity index (χ2n) is 3.58. The molecule has 0 saturated heterocycles. The molecule has 0 heterocycles. The van der Waals surface area contributed by atoms with Gasteiger partial charge in [0.05, 0.1) is 58.2 Å². The Morgan fingerprint density at radius 3 is 1.70 bits per heavy atom. The minimum absolute atomic E-state index is 0.880. The van der Waals surface area contributed by atoms with Crippen molar-refractivity contribution in [1.82, 2.24) is 0 Å². The molecule has 0 radical (unpaired) electrons. The largest absolute Gasteiger partial charge is 0.220 e. The lowest BCUT2D eigenvalue weighted by Gasteiger charge is -2.15. The normalized spacial score (nSPS) is 9.60. The van der Waals surface area contributed by atoms with Gasteiger partial charge in [-0.3, -0.25) is 0 Å². The smallest absolute Gasteiger partial charge is 0.0798 e. The molecule has 1 atom stereocenters. The van der Waals surface area contributed by atoms with Crippen molar-refractivity contribution in [3.8, 4) is 0 Å². The van der Waals surface area contributed by atoms with Gasteiger partial charge < -0.3 is 0 Å². The quantitative estimate of drug-likeness (QED) is 0.270. The molecule has 0 N–H and O–H groups in total. The lowest BCUT2D eigenvalue weighted by molar-refractivity contribution is 3.72. The van der Waals surface area contributed by atoms with E-state index in [1.807, 2.05) is 0 Å². The molecule has 0 saturated carbocycles. The van der Waals surface area contributed by atoms with Crippen LogP contribution in [-0.2, 0) is 0 Å². The first kappa shape index (κ1) is 11.0. The second-order valence-corrected chi connectivity index (χ2v) is 5.81. The summed E-state index contributed by atoms with van der Waals surface area (Å²) in [5.74, 6) is 0. The van der Waals surface area contributed by atoms with Gasteiger partial charge in [-0.2, -0.15) is 0 Å². The van der Waals surface area contributed by atoms with E-state index in [1.54, 1.807) is 0 Å². The molecule has 0 spiro atoms. The summed E-state index contributed by atoms with van der Waals surface area (Å²) in [6.07, 6.45) is 2.75. The van der Waals surface area contributed by atoms with Crippen LogP contribution in [0, 0.1) is 0 Å². The third-order valence-electron chi connectivity index (χ3n) is 1.79. The van der Waals surface area contributed by atoms with Crippen LogP contribution in [0.2, 0.25) is 0 Å². The van der Waals surface area contributed by atoms with E-state index in [4.69, 9.17) is 0 Å². The molecule has 0 aromatic rings. The summed E-state index contributed by atoms with van der Waals surface area (Å²) >= 11 is 0. The Morgan fingerprint density at radius 1 is 1.10 bits per heavy atom. The molecule has 0 aliphatic heterocycles. The molecule has 0 aromatic heterocycles. The molecule has 0 nitrogen and oxygen atoms in total. The zero-order chi connectivity index (χ0) is 8.15. The lowest BCUT2D eigenvalue weighted by atomic mass is 8.90. The maximum absolute atomic E-state index is 2.34. The van der Waals surface area contributed by atoms with Crippen LogP contribution < -0.4 is 0 Å². The summed E-state index contributed by atoms with van der Waals surface area (Å²) in [5, 5.41) is 0. The van der Waals surface area contributed by atoms with Gasteiger partial charge in [0, 0.05) is 6.39 Å². The minimum atomic E-state index is 0.880. The van der Waals surface area contributed by atoms with Crippen molar-refractivity contribution in [1.29, 1.82) is 0 Å². The fourth-order valence-electron chi connectivity index (χ4n) is 1.21. The van der Waals surface area contributed by atoms with Gasteiger partial charge in [0.1, 0.15) is 0 Å². The first-order valence-electron chi connectivity index (χ1n) is 4.34. The molecule has 0 aliphatic carbocycles. The summed E-state index contributed by atoms with van der Waals surface area (Å²) in [7, 11) is 14.1. The van der Waals surface area contributed by atoms with Gasteiger partial charge >= 0.3 is 0 Å². The third kappa shape index (κ3) is 4.77. The van der Waals surface area contributed by atoms with Crippen molar-refractivity contribution in [2.75, 3.05) is 0 Å². The van der Waals surface area contributed by atoms with Crippen molar-refractivity contribution in [3.63, 3.8) is 0 Å². The highest BCUT2D eigenvalue weighted by atomic mass is 31.1. The van der Waals surface area contributed by atoms with E-state index in [1.165, 1.54) is 7.06 Å². The maximum atomic E-state index is 2.34. The molecule has 44 valence electrons. The predicted octanol–water partition coefficient (Wildman–Crippen LogP) is -5.78. The average molecular weight is 140 g/mol. The number of hydrogen-bond acceptors (Lipinski definition) is 0. The van der Waals surface area contributed by atoms with Gasteiger partial charge in [-0.15, -0.1) is 0 Å². The Labute approximate surface area is 73.3 Å². The van der Waals surface area contributed by atoms with Gasteiger partial charge in [-0.1, -0.05) is 0 Å². The lowest BCUT2D eigenvalue weighted by Crippen LogP contribution is -2.41. The van der Waals surface area contributed by atoms with E-state index in [2.05, 4.69) is 38.7 Å². The topological polar surface area (TPSA) is 0 Å². The summed E-state index contributed by atoms with van der Waals surface area (Å²) in [6.45, 7) is 0. The van der Waals surface area contributed by atoms with E-state index >= 15 is 0 Å². The molecule has 10 heavy (non-hydrogen) atoms. The standard InChI is InChI=1S/B9H12P/c1-6-9(7(2)3)10-8(4)5/h6,10H,1-5H2. The highest BCUT2D eigenvalue weighted by Gasteiger charge is 2.18. The minimum Gasteiger partial charge on any atom is -0.220 e. The number of hydrogen-bond donors (Lipinski definition) is 0. The monoisotopic (exact) mass is 142 g/mol. The van der Waals surface area contributed by atoms with Crippen molar-refractivity contribution in [2.24, 2.45) is 0 Å². The molecular weight excluding hydrogens is 128 g/mol. The molecule has 0 fully saturated rings. The molecule has 0 bridgehead atoms. The highest BCUT2D eigenvalue weighted by molar-refractivity contribution is 8.24. The molecular formula is H12B9P. The van der Waals surface area contributed by atoms with E-state index < -0.39 is 0 Å². The third-order valence-corrected chi connectivity index (χ3v) is 3.96. The molecule has 1 unspecified atom stereocenters. The second kappa shape index (κ2) is 5.64. The van der Waals surface area contributed by atoms with Crippen LogP contribution in [0.5, 0.6) is 0 Å². The van der Waals surface area contributed by atoms with Crippen LogP contribution in [0.15, 0.2) is 0 Å². The summed E-state index contributed by atoms with van der Waals surface area (Å²) < 4.78 is 0. The first-order valence-corrected chi connectivity index (χ1v) is 5.49. The molecule has 0 amide bonds. The Balaban J connectivity index is 3.60. The van der Waals surface area contributed by atoms with E-state index in [0.29, 0.717) is 0 Å². The van der Waals surface area contributed by atoms with Crippen LogP contribution in [0.4, 0.5) is 0 Å². The summed E-state index contributed by atoms with van der Waals surface area (Å²) in [4.78, 5) is 0. The van der Waals surface area contributed by atoms with Gasteiger partial charge in [-0.05, 0) is 0 Å². The summed E-state index contributed by atoms with van der Waals surface area (Å²) in [5.41, 5.74) is 0. The van der Waals surface area contributed by atoms with Gasteiger partial charge in [-0.25, -0.2) is 8.34 Å². The maximum Gasteiger partial charge on any atom is 0.0798 e. The van der Waals surface area contributed by atoms with Crippen molar-refractivity contribution >= 4 is 72.9 Å². The van der Waals surface area contributed by atoms with Crippen molar-refractivity contribution in [3.05, 3.63) is 0 Å². The van der Waals surface area contributed by atoms with Crippen molar-refractivity contribution in [2.45, 2.75) is 0 Å². The van der Waals surface area contributed by atoms with Crippen molar-refractivity contribution < 1.29 is 0 Å². The zero-order valence-electron chi connectivity index (χ0n) is 7.94. The van der Waals surface area contributed by atoms with Crippen LogP contribution in [0.3, 0.4) is 0 Å². The summed E-state index contributed by atoms with van der Waals surface area (Å²) in [6, 6.07) is 0. The van der Waals surface area contributed by atoms with Crippen LogP contribution in [0.1, 0.15) is 0 Å². The Morgan fingerprint density at radius 2 is 1.60 bits per heavy atom.